The maximum Gasteiger partial charge on any atom is 0.337 e. The van der Waals surface area contributed by atoms with Crippen LogP contribution in [0.25, 0.3) is 0 Å². The van der Waals surface area contributed by atoms with Gasteiger partial charge in [-0.2, -0.15) is 4.98 Å². The lowest BCUT2D eigenvalue weighted by atomic mass is 9.92. The lowest BCUT2D eigenvalue weighted by Gasteiger charge is -2.24. The Morgan fingerprint density at radius 3 is 2.26 bits per heavy atom. The van der Waals surface area contributed by atoms with Gasteiger partial charge in [-0.3, -0.25) is 19.4 Å². The molecule has 0 radical (unpaired) electrons. The van der Waals surface area contributed by atoms with Crippen LogP contribution >= 0.6 is 0 Å². The highest BCUT2D eigenvalue weighted by Crippen LogP contribution is 2.31. The van der Waals surface area contributed by atoms with Crippen LogP contribution in [0.1, 0.15) is 38.6 Å². The molecule has 0 saturated carbocycles. The first kappa shape index (κ1) is 25.9. The Morgan fingerprint density at radius 1 is 0.974 bits per heavy atom. The number of benzene rings is 2. The molecular weight excluding hydrogens is 498 g/mol. The van der Waals surface area contributed by atoms with Gasteiger partial charge in [-0.25, -0.2) is 9.59 Å². The van der Waals surface area contributed by atoms with E-state index in [1.807, 2.05) is 0 Å². The quantitative estimate of drug-likeness (QED) is 0.337. The average Bonchev–Trinajstić information content (AvgIpc) is 2.91. The highest BCUT2D eigenvalue weighted by Gasteiger charge is 2.35. The number of rotatable bonds is 7. The number of aromatic amines is 1. The van der Waals surface area contributed by atoms with Crippen molar-refractivity contribution in [2.45, 2.75) is 12.3 Å². The highest BCUT2D eigenvalue weighted by atomic mass is 16.5. The number of H-pyrrole nitrogens is 1. The molecule has 38 heavy (non-hydrogen) atoms. The molecule has 196 valence electrons. The fourth-order valence-electron chi connectivity index (χ4n) is 3.93. The molecule has 4 N–H and O–H groups in total. The lowest BCUT2D eigenvalue weighted by Crippen LogP contribution is -2.36. The van der Waals surface area contributed by atoms with Crippen molar-refractivity contribution < 1.29 is 33.4 Å². The van der Waals surface area contributed by atoms with Gasteiger partial charge in [0.25, 0.3) is 5.56 Å². The largest absolute Gasteiger partial charge is 0.495 e. The summed E-state index contributed by atoms with van der Waals surface area (Å²) in [4.78, 5) is 69.7. The third-order valence-corrected chi connectivity index (χ3v) is 5.67. The van der Waals surface area contributed by atoms with Gasteiger partial charge >= 0.3 is 11.9 Å². The number of aromatic nitrogens is 2. The number of ether oxygens (including phenoxy) is 3. The Balaban J connectivity index is 1.66. The summed E-state index contributed by atoms with van der Waals surface area (Å²) in [6.07, 6.45) is -0.330. The van der Waals surface area contributed by atoms with E-state index in [4.69, 9.17) is 14.2 Å². The van der Waals surface area contributed by atoms with Gasteiger partial charge in [0.05, 0.1) is 49.6 Å². The summed E-state index contributed by atoms with van der Waals surface area (Å²) < 4.78 is 14.7. The SMILES string of the molecule is COC(=O)c1cc(NC(=O)[C@@H]2CC(=O)Nc3nc(Nc4ccccc4OC)[nH]c(=O)c32)cc(C(=O)OC)c1. The molecule has 2 heterocycles. The summed E-state index contributed by atoms with van der Waals surface area (Å²) in [5, 5.41) is 8.01. The van der Waals surface area contributed by atoms with E-state index in [0.29, 0.717) is 11.4 Å². The zero-order valence-corrected chi connectivity index (χ0v) is 20.5. The summed E-state index contributed by atoms with van der Waals surface area (Å²) in [6.45, 7) is 0. The molecule has 3 aromatic rings. The van der Waals surface area contributed by atoms with Crippen molar-refractivity contribution in [2.24, 2.45) is 0 Å². The standard InChI is InChI=1S/C25H23N5O8/c1-36-17-7-5-4-6-16(17)27-25-29-20-19(22(33)30-25)15(11-18(31)28-20)21(32)26-14-9-12(23(34)37-2)8-13(10-14)24(35)38-3/h4-10,15H,11H2,1-3H3,(H,26,32)(H3,27,28,29,30,31,33)/t15-/m1/s1. The minimum atomic E-state index is -1.21. The number of methoxy groups -OCH3 is 3. The van der Waals surface area contributed by atoms with Crippen molar-refractivity contribution in [3.63, 3.8) is 0 Å². The number of anilines is 4. The molecule has 0 saturated heterocycles. The molecule has 4 rings (SSSR count). The molecule has 13 nitrogen and oxygen atoms in total. The number of esters is 2. The Labute approximate surface area is 215 Å². The number of para-hydroxylation sites is 2. The van der Waals surface area contributed by atoms with Gasteiger partial charge in [0.1, 0.15) is 11.6 Å². The Kier molecular flexibility index (Phi) is 7.37. The van der Waals surface area contributed by atoms with E-state index in [2.05, 4.69) is 25.9 Å². The molecule has 1 atom stereocenters. The average molecular weight is 521 g/mol. The van der Waals surface area contributed by atoms with E-state index in [1.54, 1.807) is 24.3 Å². The van der Waals surface area contributed by atoms with Gasteiger partial charge in [0.2, 0.25) is 17.8 Å². The summed E-state index contributed by atoms with van der Waals surface area (Å²) in [5.41, 5.74) is -0.152. The normalized spacial score (nSPS) is 14.0. The topological polar surface area (TPSA) is 178 Å². The monoisotopic (exact) mass is 521 g/mol. The number of carbonyl (C=O) groups excluding carboxylic acids is 4. The first-order chi connectivity index (χ1) is 18.2. The van der Waals surface area contributed by atoms with Crippen molar-refractivity contribution in [2.75, 3.05) is 37.3 Å². The second-order valence-electron chi connectivity index (χ2n) is 8.08. The predicted octanol–water partition coefficient (Wildman–Crippen LogP) is 2.16. The molecule has 2 aromatic carbocycles. The molecule has 13 heteroatoms. The molecule has 0 aliphatic carbocycles. The Hall–Kier alpha value is -5.20. The van der Waals surface area contributed by atoms with Crippen molar-refractivity contribution >= 4 is 46.9 Å². The van der Waals surface area contributed by atoms with E-state index < -0.39 is 35.2 Å². The molecule has 0 bridgehead atoms. The molecule has 2 amide bonds. The van der Waals surface area contributed by atoms with Gasteiger partial charge in [0.15, 0.2) is 0 Å². The third kappa shape index (κ3) is 5.31. The van der Waals surface area contributed by atoms with Gasteiger partial charge in [-0.15, -0.1) is 0 Å². The van der Waals surface area contributed by atoms with Crippen LogP contribution in [0.3, 0.4) is 0 Å². The van der Waals surface area contributed by atoms with Gasteiger partial charge < -0.3 is 30.2 Å². The number of hydrogen-bond acceptors (Lipinski definition) is 10. The Bertz CT molecular complexity index is 1470. The molecule has 0 fully saturated rings. The summed E-state index contributed by atoms with van der Waals surface area (Å²) >= 11 is 0. The van der Waals surface area contributed by atoms with Crippen molar-refractivity contribution in [1.82, 2.24) is 9.97 Å². The summed E-state index contributed by atoms with van der Waals surface area (Å²) in [7, 11) is 3.82. The van der Waals surface area contributed by atoms with Crippen LogP contribution in [-0.4, -0.2) is 55.1 Å². The first-order valence-corrected chi connectivity index (χ1v) is 11.2. The highest BCUT2D eigenvalue weighted by molar-refractivity contribution is 6.05. The second-order valence-corrected chi connectivity index (χ2v) is 8.08. The van der Waals surface area contributed by atoms with E-state index in [9.17, 15) is 24.0 Å². The smallest absolute Gasteiger partial charge is 0.337 e. The molecule has 0 unspecified atom stereocenters. The summed E-state index contributed by atoms with van der Waals surface area (Å²) in [6, 6.07) is 10.8. The van der Waals surface area contributed by atoms with Crippen LogP contribution in [-0.2, 0) is 19.1 Å². The third-order valence-electron chi connectivity index (χ3n) is 5.67. The second kappa shape index (κ2) is 10.8. The number of hydrogen-bond donors (Lipinski definition) is 4. The van der Waals surface area contributed by atoms with Crippen LogP contribution in [0.15, 0.2) is 47.3 Å². The lowest BCUT2D eigenvalue weighted by molar-refractivity contribution is -0.123. The van der Waals surface area contributed by atoms with Crippen LogP contribution in [0.2, 0.25) is 0 Å². The number of nitrogens with zero attached hydrogens (tertiary/aromatic N) is 1. The maximum absolute atomic E-state index is 13.3. The molecular formula is C25H23N5O8. The van der Waals surface area contributed by atoms with E-state index in [-0.39, 0.29) is 40.6 Å². The van der Waals surface area contributed by atoms with Crippen LogP contribution in [0.5, 0.6) is 5.75 Å². The first-order valence-electron chi connectivity index (χ1n) is 11.2. The fourth-order valence-corrected chi connectivity index (χ4v) is 3.93. The van der Waals surface area contributed by atoms with Gasteiger partial charge in [-0.1, -0.05) is 12.1 Å². The maximum atomic E-state index is 13.3. The fraction of sp³-hybridized carbons (Fsp3) is 0.200. The Morgan fingerprint density at radius 2 is 1.63 bits per heavy atom. The van der Waals surface area contributed by atoms with Crippen molar-refractivity contribution in [1.29, 1.82) is 0 Å². The molecule has 1 aliphatic rings. The van der Waals surface area contributed by atoms with Crippen molar-refractivity contribution in [3.05, 3.63) is 69.5 Å². The minimum absolute atomic E-state index is 0.0148. The van der Waals surface area contributed by atoms with Crippen LogP contribution in [0, 0.1) is 0 Å². The number of amides is 2. The zero-order chi connectivity index (χ0) is 27.4. The number of nitrogens with one attached hydrogen (secondary N) is 4. The summed E-state index contributed by atoms with van der Waals surface area (Å²) in [5.74, 6) is -3.52. The molecule has 1 aromatic heterocycles. The van der Waals surface area contributed by atoms with Gasteiger partial charge in [-0.05, 0) is 30.3 Å². The van der Waals surface area contributed by atoms with Gasteiger partial charge in [0, 0.05) is 12.1 Å². The van der Waals surface area contributed by atoms with Crippen LogP contribution < -0.4 is 26.2 Å². The zero-order valence-electron chi connectivity index (χ0n) is 20.5. The predicted molar refractivity (Wildman–Crippen MR) is 135 cm³/mol. The van der Waals surface area contributed by atoms with E-state index in [1.165, 1.54) is 39.5 Å². The van der Waals surface area contributed by atoms with Crippen LogP contribution in [0.4, 0.5) is 23.1 Å². The number of carbonyl (C=O) groups is 4. The number of fused-ring (bicyclic) bond motifs is 1. The van der Waals surface area contributed by atoms with E-state index >= 15 is 0 Å². The molecule has 0 spiro atoms. The molecule has 1 aliphatic heterocycles. The minimum Gasteiger partial charge on any atom is -0.495 e. The van der Waals surface area contributed by atoms with Crippen molar-refractivity contribution in [3.8, 4) is 5.75 Å². The van der Waals surface area contributed by atoms with E-state index in [0.717, 1.165) is 0 Å².